The summed E-state index contributed by atoms with van der Waals surface area (Å²) < 4.78 is 25.9. The molecule has 0 aromatic carbocycles. The van der Waals surface area contributed by atoms with E-state index in [4.69, 9.17) is 11.6 Å². The van der Waals surface area contributed by atoms with Gasteiger partial charge in [0.15, 0.2) is 5.03 Å². The molecule has 98 valence electrons. The van der Waals surface area contributed by atoms with Crippen LogP contribution in [0.25, 0.3) is 0 Å². The van der Waals surface area contributed by atoms with E-state index in [-0.39, 0.29) is 10.9 Å². The smallest absolute Gasteiger partial charge is 0.260 e. The van der Waals surface area contributed by atoms with E-state index in [0.717, 1.165) is 5.56 Å². The second kappa shape index (κ2) is 5.40. The quantitative estimate of drug-likeness (QED) is 0.860. The number of hydrogen-bond donors (Lipinski definition) is 1. The number of halogens is 1. The van der Waals surface area contributed by atoms with Crippen LogP contribution in [0.3, 0.4) is 0 Å². The van der Waals surface area contributed by atoms with Crippen molar-refractivity contribution in [3.8, 4) is 0 Å². The van der Waals surface area contributed by atoms with E-state index in [1.807, 2.05) is 16.8 Å². The maximum Gasteiger partial charge on any atom is 0.260 e. The van der Waals surface area contributed by atoms with Gasteiger partial charge in [-0.2, -0.15) is 20.7 Å². The Morgan fingerprint density at radius 2 is 2.33 bits per heavy atom. The van der Waals surface area contributed by atoms with E-state index < -0.39 is 10.0 Å². The molecule has 5 nitrogen and oxygen atoms in total. The maximum atomic E-state index is 12.3. The molecule has 0 fully saturated rings. The van der Waals surface area contributed by atoms with Gasteiger partial charge in [-0.15, -0.1) is 11.6 Å². The third-order valence-electron chi connectivity index (χ3n) is 2.48. The minimum absolute atomic E-state index is 0.0650. The second-order valence-electron chi connectivity index (χ2n) is 3.75. The fraction of sp³-hybridized carbons (Fsp3) is 0.300. The monoisotopic (exact) mass is 305 g/mol. The van der Waals surface area contributed by atoms with E-state index in [9.17, 15) is 8.42 Å². The molecule has 0 saturated carbocycles. The van der Waals surface area contributed by atoms with Crippen LogP contribution < -0.4 is 0 Å². The molecule has 2 aromatic rings. The molecule has 0 aliphatic heterocycles. The fourth-order valence-corrected chi connectivity index (χ4v) is 3.69. The zero-order valence-corrected chi connectivity index (χ0v) is 12.0. The molecule has 0 bridgehead atoms. The van der Waals surface area contributed by atoms with E-state index >= 15 is 0 Å². The molecule has 0 saturated heterocycles. The number of hydrogen-bond acceptors (Lipinski definition) is 4. The third kappa shape index (κ3) is 2.59. The summed E-state index contributed by atoms with van der Waals surface area (Å²) in [6, 6.07) is 1.89. The van der Waals surface area contributed by atoms with Crippen LogP contribution in [0.5, 0.6) is 0 Å². The molecule has 0 aliphatic rings. The van der Waals surface area contributed by atoms with Gasteiger partial charge in [0.2, 0.25) is 0 Å². The van der Waals surface area contributed by atoms with Gasteiger partial charge in [0, 0.05) is 19.2 Å². The first-order chi connectivity index (χ1) is 8.55. The van der Waals surface area contributed by atoms with Gasteiger partial charge in [-0.05, 0) is 22.4 Å². The predicted molar refractivity (Wildman–Crippen MR) is 71.1 cm³/mol. The molecule has 18 heavy (non-hydrogen) atoms. The predicted octanol–water partition coefficient (Wildman–Crippen LogP) is 2.03. The molecule has 0 amide bonds. The van der Waals surface area contributed by atoms with Gasteiger partial charge in [-0.1, -0.05) is 0 Å². The number of nitrogens with zero attached hydrogens (tertiary/aromatic N) is 2. The van der Waals surface area contributed by atoms with Gasteiger partial charge in [0.1, 0.15) is 0 Å². The highest BCUT2D eigenvalue weighted by Gasteiger charge is 2.25. The molecule has 2 rings (SSSR count). The standard InChI is InChI=1S/C10H12ClN3O2S2/c1-14(6-8-2-3-17-7-8)18(15,16)10-9(4-11)5-12-13-10/h2-3,5,7H,4,6H2,1H3,(H,12,13). The Morgan fingerprint density at radius 1 is 1.56 bits per heavy atom. The summed E-state index contributed by atoms with van der Waals surface area (Å²) in [6.45, 7) is 0.326. The van der Waals surface area contributed by atoms with Crippen molar-refractivity contribution in [1.29, 1.82) is 0 Å². The van der Waals surface area contributed by atoms with Crippen molar-refractivity contribution < 1.29 is 8.42 Å². The lowest BCUT2D eigenvalue weighted by Gasteiger charge is -2.15. The van der Waals surface area contributed by atoms with Gasteiger partial charge in [-0.3, -0.25) is 5.10 Å². The number of aromatic amines is 1. The summed E-state index contributed by atoms with van der Waals surface area (Å²) >= 11 is 7.22. The Kier molecular flexibility index (Phi) is 4.06. The minimum Gasteiger partial charge on any atom is -0.266 e. The van der Waals surface area contributed by atoms with Gasteiger partial charge in [0.05, 0.1) is 12.1 Å². The number of nitrogens with one attached hydrogen (secondary N) is 1. The SMILES string of the molecule is CN(Cc1ccsc1)S(=O)(=O)c1[nH]ncc1CCl. The molecule has 1 N–H and O–H groups in total. The van der Waals surface area contributed by atoms with Crippen molar-refractivity contribution in [3.05, 3.63) is 34.2 Å². The van der Waals surface area contributed by atoms with E-state index in [2.05, 4.69) is 10.2 Å². The van der Waals surface area contributed by atoms with E-state index in [1.54, 1.807) is 0 Å². The fourth-order valence-electron chi connectivity index (χ4n) is 1.50. The van der Waals surface area contributed by atoms with Crippen LogP contribution in [-0.4, -0.2) is 30.0 Å². The largest absolute Gasteiger partial charge is 0.266 e. The lowest BCUT2D eigenvalue weighted by Crippen LogP contribution is -2.27. The maximum absolute atomic E-state index is 12.3. The number of thiophene rings is 1. The van der Waals surface area contributed by atoms with Crippen LogP contribution in [0.4, 0.5) is 0 Å². The van der Waals surface area contributed by atoms with Gasteiger partial charge in [0.25, 0.3) is 10.0 Å². The number of sulfonamides is 1. The number of H-pyrrole nitrogens is 1. The first kappa shape index (κ1) is 13.5. The summed E-state index contributed by atoms with van der Waals surface area (Å²) in [7, 11) is -2.05. The highest BCUT2D eigenvalue weighted by Crippen LogP contribution is 2.20. The molecule has 2 aromatic heterocycles. The summed E-state index contributed by atoms with van der Waals surface area (Å²) in [5.74, 6) is 0.108. The Hall–Kier alpha value is -0.890. The number of rotatable bonds is 5. The first-order valence-electron chi connectivity index (χ1n) is 5.11. The van der Waals surface area contributed by atoms with Crippen LogP contribution in [0.15, 0.2) is 28.0 Å². The Labute approximate surface area is 114 Å². The van der Waals surface area contributed by atoms with Gasteiger partial charge >= 0.3 is 0 Å². The summed E-state index contributed by atoms with van der Waals surface area (Å²) in [5.41, 5.74) is 1.44. The molecule has 0 aliphatic carbocycles. The van der Waals surface area contributed by atoms with E-state index in [0.29, 0.717) is 12.1 Å². The molecule has 0 spiro atoms. The second-order valence-corrected chi connectivity index (χ2v) is 6.78. The molecule has 2 heterocycles. The van der Waals surface area contributed by atoms with Crippen molar-refractivity contribution in [1.82, 2.24) is 14.5 Å². The summed E-state index contributed by atoms with van der Waals surface area (Å²) in [5, 5.41) is 10.1. The van der Waals surface area contributed by atoms with Crippen molar-refractivity contribution in [3.63, 3.8) is 0 Å². The van der Waals surface area contributed by atoms with Crippen LogP contribution in [0.1, 0.15) is 11.1 Å². The lowest BCUT2D eigenvalue weighted by atomic mass is 10.3. The summed E-state index contributed by atoms with van der Waals surface area (Å²) in [4.78, 5) is 0. The van der Waals surface area contributed by atoms with Crippen molar-refractivity contribution in [2.45, 2.75) is 17.5 Å². The van der Waals surface area contributed by atoms with Crippen molar-refractivity contribution in [2.75, 3.05) is 7.05 Å². The normalized spacial score (nSPS) is 12.2. The third-order valence-corrected chi connectivity index (χ3v) is 5.31. The molecule has 0 unspecified atom stereocenters. The Bertz CT molecular complexity index is 607. The number of aromatic nitrogens is 2. The molecule has 8 heteroatoms. The van der Waals surface area contributed by atoms with Crippen molar-refractivity contribution >= 4 is 33.0 Å². The van der Waals surface area contributed by atoms with Crippen LogP contribution >= 0.6 is 22.9 Å². The average molecular weight is 306 g/mol. The zero-order valence-electron chi connectivity index (χ0n) is 9.63. The molecule has 0 atom stereocenters. The van der Waals surface area contributed by atoms with E-state index in [1.165, 1.54) is 28.9 Å². The summed E-state index contributed by atoms with van der Waals surface area (Å²) in [6.07, 6.45) is 1.43. The van der Waals surface area contributed by atoms with Gasteiger partial charge < -0.3 is 0 Å². The zero-order chi connectivity index (χ0) is 13.2. The molecular formula is C10H12ClN3O2S2. The molecular weight excluding hydrogens is 294 g/mol. The van der Waals surface area contributed by atoms with Crippen molar-refractivity contribution in [2.24, 2.45) is 0 Å². The van der Waals surface area contributed by atoms with Crippen LogP contribution in [0.2, 0.25) is 0 Å². The topological polar surface area (TPSA) is 66.1 Å². The Balaban J connectivity index is 2.26. The van der Waals surface area contributed by atoms with Crippen LogP contribution in [-0.2, 0) is 22.4 Å². The number of alkyl halides is 1. The minimum atomic E-state index is -3.58. The van der Waals surface area contributed by atoms with Gasteiger partial charge in [-0.25, -0.2) is 8.42 Å². The lowest BCUT2D eigenvalue weighted by molar-refractivity contribution is 0.463. The highest BCUT2D eigenvalue weighted by molar-refractivity contribution is 7.89. The Morgan fingerprint density at radius 3 is 2.94 bits per heavy atom. The first-order valence-corrected chi connectivity index (χ1v) is 8.03. The molecule has 0 radical (unpaired) electrons. The van der Waals surface area contributed by atoms with Crippen LogP contribution in [0, 0.1) is 0 Å². The highest BCUT2D eigenvalue weighted by atomic mass is 35.5. The average Bonchev–Trinajstić information content (AvgIpc) is 2.98.